The molecule has 1 atom stereocenters. The van der Waals surface area contributed by atoms with Gasteiger partial charge in [0, 0.05) is 26.2 Å². The molecule has 0 unspecified atom stereocenters. The lowest BCUT2D eigenvalue weighted by Gasteiger charge is -2.41. The Labute approximate surface area is 210 Å². The number of aromatic nitrogens is 1. The standard InChI is InChI=1S/C27H24F3N3O2S/c28-27(29,30)21-9-10-22-24(15-21)36-26(31-22)33-12-11-32(17-23(33)20-7-2-1-3-8-20)16-19-6-4-5-18(13-19)14-25(34)35/h1-10,13,15,23H,11-12,14,16-17H2,(H,34,35)/t23-/m0/s1. The Hall–Kier alpha value is -3.43. The van der Waals surface area contributed by atoms with Gasteiger partial charge in [-0.05, 0) is 34.9 Å². The normalized spacial score (nSPS) is 17.0. The minimum atomic E-state index is -4.39. The summed E-state index contributed by atoms with van der Waals surface area (Å²) >= 11 is 1.29. The molecule has 0 saturated carbocycles. The van der Waals surface area contributed by atoms with Crippen molar-refractivity contribution in [2.45, 2.75) is 25.2 Å². The van der Waals surface area contributed by atoms with E-state index in [1.165, 1.54) is 23.5 Å². The fraction of sp³-hybridized carbons (Fsp3) is 0.259. The van der Waals surface area contributed by atoms with Crippen LogP contribution in [0.2, 0.25) is 0 Å². The highest BCUT2D eigenvalue weighted by Crippen LogP contribution is 2.38. The van der Waals surface area contributed by atoms with Gasteiger partial charge < -0.3 is 10.0 Å². The summed E-state index contributed by atoms with van der Waals surface area (Å²) in [5, 5.41) is 9.82. The van der Waals surface area contributed by atoms with Crippen LogP contribution in [0.1, 0.15) is 28.3 Å². The maximum absolute atomic E-state index is 13.2. The molecule has 0 bridgehead atoms. The molecule has 1 saturated heterocycles. The van der Waals surface area contributed by atoms with Gasteiger partial charge in [-0.2, -0.15) is 13.2 Å². The Morgan fingerprint density at radius 2 is 1.78 bits per heavy atom. The van der Waals surface area contributed by atoms with Gasteiger partial charge in [0.2, 0.25) is 0 Å². The molecular formula is C27H24F3N3O2S. The molecule has 1 aromatic heterocycles. The number of rotatable bonds is 6. The second-order valence-electron chi connectivity index (χ2n) is 8.92. The summed E-state index contributed by atoms with van der Waals surface area (Å²) in [5.74, 6) is -0.858. The predicted octanol–water partition coefficient (Wildman–Crippen LogP) is 6.01. The number of carbonyl (C=O) groups is 1. The number of carboxylic acid groups (broad SMARTS) is 1. The van der Waals surface area contributed by atoms with Crippen molar-refractivity contribution < 1.29 is 23.1 Å². The highest BCUT2D eigenvalue weighted by Gasteiger charge is 2.33. The highest BCUT2D eigenvalue weighted by molar-refractivity contribution is 7.22. The van der Waals surface area contributed by atoms with Crippen LogP contribution in [0.25, 0.3) is 10.2 Å². The van der Waals surface area contributed by atoms with Crippen molar-refractivity contribution in [3.05, 3.63) is 95.1 Å². The summed E-state index contributed by atoms with van der Waals surface area (Å²) in [4.78, 5) is 20.3. The highest BCUT2D eigenvalue weighted by atomic mass is 32.1. The zero-order chi connectivity index (χ0) is 25.3. The molecule has 5 rings (SSSR count). The minimum absolute atomic E-state index is 0.0120. The average molecular weight is 512 g/mol. The van der Waals surface area contributed by atoms with Crippen molar-refractivity contribution in [1.82, 2.24) is 9.88 Å². The number of alkyl halides is 3. The molecule has 1 fully saturated rings. The van der Waals surface area contributed by atoms with Gasteiger partial charge >= 0.3 is 12.1 Å². The number of hydrogen-bond acceptors (Lipinski definition) is 5. The van der Waals surface area contributed by atoms with E-state index in [2.05, 4.69) is 26.9 Å². The number of piperazine rings is 1. The summed E-state index contributed by atoms with van der Waals surface area (Å²) < 4.78 is 40.1. The third-order valence-electron chi connectivity index (χ3n) is 6.35. The lowest BCUT2D eigenvalue weighted by Crippen LogP contribution is -2.48. The van der Waals surface area contributed by atoms with Crippen molar-refractivity contribution >= 4 is 32.7 Å². The van der Waals surface area contributed by atoms with Gasteiger partial charge in [0.25, 0.3) is 0 Å². The number of hydrogen-bond donors (Lipinski definition) is 1. The van der Waals surface area contributed by atoms with Crippen molar-refractivity contribution in [3.63, 3.8) is 0 Å². The number of halogens is 3. The van der Waals surface area contributed by atoms with E-state index in [-0.39, 0.29) is 12.5 Å². The topological polar surface area (TPSA) is 56.7 Å². The van der Waals surface area contributed by atoms with Crippen LogP contribution in [0.3, 0.4) is 0 Å². The van der Waals surface area contributed by atoms with Gasteiger partial charge in [0.1, 0.15) is 0 Å². The molecule has 1 aliphatic rings. The van der Waals surface area contributed by atoms with Gasteiger partial charge in [0.05, 0.1) is 28.2 Å². The summed E-state index contributed by atoms with van der Waals surface area (Å²) in [6.07, 6.45) is -4.40. The number of nitrogens with zero attached hydrogens (tertiary/aromatic N) is 3. The first-order chi connectivity index (χ1) is 17.3. The van der Waals surface area contributed by atoms with Crippen LogP contribution in [-0.2, 0) is 23.9 Å². The van der Waals surface area contributed by atoms with Crippen molar-refractivity contribution in [1.29, 1.82) is 0 Å². The molecule has 0 radical (unpaired) electrons. The smallest absolute Gasteiger partial charge is 0.416 e. The van der Waals surface area contributed by atoms with Crippen LogP contribution in [0, 0.1) is 0 Å². The first-order valence-corrected chi connectivity index (χ1v) is 12.4. The number of anilines is 1. The van der Waals surface area contributed by atoms with Crippen molar-refractivity contribution in [3.8, 4) is 0 Å². The Kier molecular flexibility index (Phi) is 6.68. The second kappa shape index (κ2) is 9.91. The third-order valence-corrected chi connectivity index (χ3v) is 7.41. The zero-order valence-electron chi connectivity index (χ0n) is 19.3. The third kappa shape index (κ3) is 5.37. The van der Waals surface area contributed by atoms with Crippen LogP contribution in [0.5, 0.6) is 0 Å². The van der Waals surface area contributed by atoms with E-state index < -0.39 is 17.7 Å². The molecule has 1 N–H and O–H groups in total. The maximum Gasteiger partial charge on any atom is 0.416 e. The number of benzene rings is 3. The van der Waals surface area contributed by atoms with Crippen molar-refractivity contribution in [2.75, 3.05) is 24.5 Å². The molecule has 3 aromatic carbocycles. The van der Waals surface area contributed by atoms with Gasteiger partial charge in [0.15, 0.2) is 5.13 Å². The molecular weight excluding hydrogens is 487 g/mol. The number of fused-ring (bicyclic) bond motifs is 1. The van der Waals surface area contributed by atoms with E-state index in [0.29, 0.717) is 35.0 Å². The van der Waals surface area contributed by atoms with Crippen LogP contribution in [-0.4, -0.2) is 40.6 Å². The number of aliphatic carboxylic acids is 1. The van der Waals surface area contributed by atoms with Crippen LogP contribution in [0.15, 0.2) is 72.8 Å². The molecule has 5 nitrogen and oxygen atoms in total. The summed E-state index contributed by atoms with van der Waals surface area (Å²) in [7, 11) is 0. The lowest BCUT2D eigenvalue weighted by molar-refractivity contribution is -0.138. The Balaban J connectivity index is 1.41. The van der Waals surface area contributed by atoms with Gasteiger partial charge in [-0.25, -0.2) is 4.98 Å². The van der Waals surface area contributed by atoms with E-state index in [9.17, 15) is 18.0 Å². The molecule has 186 valence electrons. The average Bonchev–Trinajstić information content (AvgIpc) is 3.27. The molecule has 2 heterocycles. The molecule has 0 amide bonds. The fourth-order valence-electron chi connectivity index (χ4n) is 4.65. The number of thiazole rings is 1. The minimum Gasteiger partial charge on any atom is -0.481 e. The quantitative estimate of drug-likeness (QED) is 0.344. The summed E-state index contributed by atoms with van der Waals surface area (Å²) in [5.41, 5.74) is 2.82. The molecule has 36 heavy (non-hydrogen) atoms. The van der Waals surface area contributed by atoms with Gasteiger partial charge in [-0.3, -0.25) is 9.69 Å². The van der Waals surface area contributed by atoms with Crippen molar-refractivity contribution in [2.24, 2.45) is 0 Å². The molecule has 0 spiro atoms. The first-order valence-electron chi connectivity index (χ1n) is 11.6. The van der Waals surface area contributed by atoms with Gasteiger partial charge in [-0.1, -0.05) is 65.9 Å². The monoisotopic (exact) mass is 511 g/mol. The van der Waals surface area contributed by atoms with Gasteiger partial charge in [-0.15, -0.1) is 0 Å². The largest absolute Gasteiger partial charge is 0.481 e. The summed E-state index contributed by atoms with van der Waals surface area (Å²) in [6.45, 7) is 2.80. The Morgan fingerprint density at radius 3 is 2.53 bits per heavy atom. The van der Waals surface area contributed by atoms with Crippen LogP contribution in [0.4, 0.5) is 18.3 Å². The Bertz CT molecular complexity index is 1370. The van der Waals surface area contributed by atoms with E-state index in [0.717, 1.165) is 29.3 Å². The van der Waals surface area contributed by atoms with E-state index in [1.54, 1.807) is 0 Å². The SMILES string of the molecule is O=C(O)Cc1cccc(CN2CCN(c3nc4ccc(C(F)(F)F)cc4s3)[C@H](c3ccccc3)C2)c1. The first kappa shape index (κ1) is 24.3. The fourth-order valence-corrected chi connectivity index (χ4v) is 5.74. The second-order valence-corrected chi connectivity index (χ2v) is 9.93. The molecule has 4 aromatic rings. The molecule has 1 aliphatic heterocycles. The Morgan fingerprint density at radius 1 is 1.00 bits per heavy atom. The molecule has 9 heteroatoms. The van der Waals surface area contributed by atoms with Crippen LogP contribution < -0.4 is 4.90 Å². The summed E-state index contributed by atoms with van der Waals surface area (Å²) in [6, 6.07) is 21.4. The predicted molar refractivity (Wildman–Crippen MR) is 134 cm³/mol. The lowest BCUT2D eigenvalue weighted by atomic mass is 10.0. The number of carboxylic acids is 1. The van der Waals surface area contributed by atoms with E-state index in [4.69, 9.17) is 5.11 Å². The maximum atomic E-state index is 13.2. The zero-order valence-corrected chi connectivity index (χ0v) is 20.1. The van der Waals surface area contributed by atoms with E-state index >= 15 is 0 Å². The van der Waals surface area contributed by atoms with Crippen LogP contribution >= 0.6 is 11.3 Å². The molecule has 0 aliphatic carbocycles. The van der Waals surface area contributed by atoms with E-state index in [1.807, 2.05) is 42.5 Å².